The Labute approximate surface area is 128 Å². The summed E-state index contributed by atoms with van der Waals surface area (Å²) in [5.41, 5.74) is -0.793. The summed E-state index contributed by atoms with van der Waals surface area (Å²) in [5.74, 6) is -0.149. The molecule has 0 aromatic heterocycles. The zero-order valence-corrected chi connectivity index (χ0v) is 14.0. The Kier molecular flexibility index (Phi) is 6.05. The van der Waals surface area contributed by atoms with E-state index < -0.39 is 11.4 Å². The van der Waals surface area contributed by atoms with Crippen molar-refractivity contribution in [1.29, 1.82) is 0 Å². The highest BCUT2D eigenvalue weighted by Crippen LogP contribution is 2.38. The number of aliphatic carboxylic acids is 1. The van der Waals surface area contributed by atoms with Crippen molar-refractivity contribution >= 4 is 12.0 Å². The lowest BCUT2D eigenvalue weighted by molar-refractivity contribution is -0.150. The van der Waals surface area contributed by atoms with Crippen LogP contribution >= 0.6 is 0 Å². The van der Waals surface area contributed by atoms with E-state index in [9.17, 15) is 14.7 Å². The molecule has 2 unspecified atom stereocenters. The summed E-state index contributed by atoms with van der Waals surface area (Å²) in [4.78, 5) is 25.5. The molecule has 5 heteroatoms. The number of carbonyl (C=O) groups excluding carboxylic acids is 1. The number of hydrogen-bond donors (Lipinski definition) is 2. The van der Waals surface area contributed by atoms with Gasteiger partial charge in [-0.25, -0.2) is 4.79 Å². The van der Waals surface area contributed by atoms with E-state index >= 15 is 0 Å². The van der Waals surface area contributed by atoms with Gasteiger partial charge in [-0.05, 0) is 38.0 Å². The van der Waals surface area contributed by atoms with Gasteiger partial charge in [0.25, 0.3) is 0 Å². The molecule has 1 aliphatic rings. The molecule has 1 saturated heterocycles. The van der Waals surface area contributed by atoms with Gasteiger partial charge in [-0.3, -0.25) is 4.79 Å². The van der Waals surface area contributed by atoms with Crippen molar-refractivity contribution in [2.24, 2.45) is 17.3 Å². The summed E-state index contributed by atoms with van der Waals surface area (Å²) in [7, 11) is 0. The van der Waals surface area contributed by atoms with Crippen LogP contribution in [0.1, 0.15) is 53.9 Å². The lowest BCUT2D eigenvalue weighted by Crippen LogP contribution is -2.46. The minimum absolute atomic E-state index is 0.0196. The molecule has 2 amide bonds. The molecule has 1 heterocycles. The van der Waals surface area contributed by atoms with E-state index in [0.717, 1.165) is 12.8 Å². The summed E-state index contributed by atoms with van der Waals surface area (Å²) in [6.07, 6.45) is 2.56. The second-order valence-electron chi connectivity index (χ2n) is 7.11. The Morgan fingerprint density at radius 3 is 2.24 bits per heavy atom. The predicted molar refractivity (Wildman–Crippen MR) is 83.2 cm³/mol. The maximum Gasteiger partial charge on any atom is 0.317 e. The molecule has 0 aromatic rings. The molecule has 0 aliphatic carbocycles. The van der Waals surface area contributed by atoms with Crippen molar-refractivity contribution in [1.82, 2.24) is 10.2 Å². The molecule has 21 heavy (non-hydrogen) atoms. The first-order valence-electron chi connectivity index (χ1n) is 7.98. The van der Waals surface area contributed by atoms with E-state index in [-0.39, 0.29) is 18.0 Å². The van der Waals surface area contributed by atoms with Gasteiger partial charge in [0.1, 0.15) is 0 Å². The average molecular weight is 298 g/mol. The fourth-order valence-corrected chi connectivity index (χ4v) is 2.86. The predicted octanol–water partition coefficient (Wildman–Crippen LogP) is 2.95. The summed E-state index contributed by atoms with van der Waals surface area (Å²) in [6.45, 7) is 11.0. The Morgan fingerprint density at radius 2 is 1.81 bits per heavy atom. The van der Waals surface area contributed by atoms with Gasteiger partial charge in [0.15, 0.2) is 0 Å². The van der Waals surface area contributed by atoms with Crippen LogP contribution in [0, 0.1) is 17.3 Å². The van der Waals surface area contributed by atoms with Crippen LogP contribution in [0.25, 0.3) is 0 Å². The molecule has 0 saturated carbocycles. The van der Waals surface area contributed by atoms with Gasteiger partial charge in [-0.15, -0.1) is 0 Å². The highest BCUT2D eigenvalue weighted by Gasteiger charge is 2.48. The number of nitrogens with one attached hydrogen (secondary N) is 1. The van der Waals surface area contributed by atoms with Gasteiger partial charge < -0.3 is 15.3 Å². The lowest BCUT2D eigenvalue weighted by atomic mass is 9.76. The highest BCUT2D eigenvalue weighted by molar-refractivity contribution is 5.80. The van der Waals surface area contributed by atoms with Gasteiger partial charge in [0.2, 0.25) is 0 Å². The van der Waals surface area contributed by atoms with Crippen molar-refractivity contribution < 1.29 is 14.7 Å². The van der Waals surface area contributed by atoms with Gasteiger partial charge in [-0.2, -0.15) is 0 Å². The Bertz CT molecular complexity index is 382. The first-order valence-corrected chi connectivity index (χ1v) is 7.98. The standard InChI is InChI=1S/C16H30N2O3/c1-11(2)6-7-13(5)17-15(21)18-9-8-16(10-18,12(3)4)14(19)20/h11-13H,6-10H2,1-5H3,(H,17,21)(H,19,20). The smallest absolute Gasteiger partial charge is 0.317 e. The molecule has 0 radical (unpaired) electrons. The molecule has 0 spiro atoms. The number of carboxylic acid groups (broad SMARTS) is 1. The zero-order valence-electron chi connectivity index (χ0n) is 14.0. The molecule has 2 atom stereocenters. The number of rotatable bonds is 6. The van der Waals surface area contributed by atoms with Crippen LogP contribution in [0.15, 0.2) is 0 Å². The topological polar surface area (TPSA) is 69.6 Å². The summed E-state index contributed by atoms with van der Waals surface area (Å²) < 4.78 is 0. The summed E-state index contributed by atoms with van der Waals surface area (Å²) >= 11 is 0. The van der Waals surface area contributed by atoms with Gasteiger partial charge in [-0.1, -0.05) is 27.7 Å². The Balaban J connectivity index is 2.56. The fourth-order valence-electron chi connectivity index (χ4n) is 2.86. The molecule has 1 rings (SSSR count). The summed E-state index contributed by atoms with van der Waals surface area (Å²) in [6, 6.07) is -0.00573. The number of carbonyl (C=O) groups is 2. The van der Waals surface area contributed by atoms with Crippen LogP contribution < -0.4 is 5.32 Å². The number of urea groups is 1. The van der Waals surface area contributed by atoms with E-state index in [1.54, 1.807) is 4.90 Å². The average Bonchev–Trinajstić information content (AvgIpc) is 2.82. The van der Waals surface area contributed by atoms with Crippen LogP contribution in [-0.4, -0.2) is 41.1 Å². The Hall–Kier alpha value is -1.26. The van der Waals surface area contributed by atoms with Crippen molar-refractivity contribution in [3.05, 3.63) is 0 Å². The van der Waals surface area contributed by atoms with Crippen LogP contribution in [0.3, 0.4) is 0 Å². The maximum absolute atomic E-state index is 12.3. The molecule has 0 aromatic carbocycles. The highest BCUT2D eigenvalue weighted by atomic mass is 16.4. The number of amides is 2. The third-order valence-electron chi connectivity index (χ3n) is 4.67. The van der Waals surface area contributed by atoms with Crippen molar-refractivity contribution in [2.75, 3.05) is 13.1 Å². The second kappa shape index (κ2) is 7.14. The van der Waals surface area contributed by atoms with E-state index in [1.165, 1.54) is 0 Å². The first kappa shape index (κ1) is 17.8. The number of carboxylic acids is 1. The van der Waals surface area contributed by atoms with E-state index in [4.69, 9.17) is 0 Å². The van der Waals surface area contributed by atoms with Crippen molar-refractivity contribution in [3.8, 4) is 0 Å². The monoisotopic (exact) mass is 298 g/mol. The lowest BCUT2D eigenvalue weighted by Gasteiger charge is -2.29. The SMILES string of the molecule is CC(C)CCC(C)NC(=O)N1CCC(C(=O)O)(C(C)C)C1. The second-order valence-corrected chi connectivity index (χ2v) is 7.11. The van der Waals surface area contributed by atoms with Crippen LogP contribution in [0.5, 0.6) is 0 Å². The fraction of sp³-hybridized carbons (Fsp3) is 0.875. The minimum atomic E-state index is -0.793. The molecular weight excluding hydrogens is 268 g/mol. The Morgan fingerprint density at radius 1 is 1.19 bits per heavy atom. The molecule has 2 N–H and O–H groups in total. The van der Waals surface area contributed by atoms with E-state index in [2.05, 4.69) is 19.2 Å². The number of nitrogens with zero attached hydrogens (tertiary/aromatic N) is 1. The quantitative estimate of drug-likeness (QED) is 0.792. The van der Waals surface area contributed by atoms with Gasteiger partial charge in [0, 0.05) is 19.1 Å². The molecule has 0 bridgehead atoms. The van der Waals surface area contributed by atoms with E-state index in [1.807, 2.05) is 20.8 Å². The maximum atomic E-state index is 12.3. The number of hydrogen-bond acceptors (Lipinski definition) is 2. The number of likely N-dealkylation sites (tertiary alicyclic amines) is 1. The minimum Gasteiger partial charge on any atom is -0.481 e. The van der Waals surface area contributed by atoms with Crippen LogP contribution in [0.2, 0.25) is 0 Å². The third-order valence-corrected chi connectivity index (χ3v) is 4.67. The summed E-state index contributed by atoms with van der Waals surface area (Å²) in [5, 5.41) is 12.5. The largest absolute Gasteiger partial charge is 0.481 e. The van der Waals surface area contributed by atoms with Gasteiger partial charge in [0.05, 0.1) is 5.41 Å². The van der Waals surface area contributed by atoms with Crippen LogP contribution in [-0.2, 0) is 4.79 Å². The molecule has 122 valence electrons. The van der Waals surface area contributed by atoms with Crippen LogP contribution in [0.4, 0.5) is 4.79 Å². The molecule has 1 fully saturated rings. The molecular formula is C16H30N2O3. The first-order chi connectivity index (χ1) is 9.69. The van der Waals surface area contributed by atoms with Gasteiger partial charge >= 0.3 is 12.0 Å². The third kappa shape index (κ3) is 4.35. The normalized spacial score (nSPS) is 23.7. The van der Waals surface area contributed by atoms with E-state index in [0.29, 0.717) is 25.4 Å². The zero-order chi connectivity index (χ0) is 16.2. The van der Waals surface area contributed by atoms with Crippen molar-refractivity contribution in [3.63, 3.8) is 0 Å². The molecule has 1 aliphatic heterocycles. The molecule has 5 nitrogen and oxygen atoms in total. The van der Waals surface area contributed by atoms with Crippen molar-refractivity contribution in [2.45, 2.75) is 59.9 Å².